The Labute approximate surface area is 105 Å². The summed E-state index contributed by atoms with van der Waals surface area (Å²) in [5.41, 5.74) is 0. The number of rotatable bonds is 5. The number of nitrogens with one attached hydrogen (secondary N) is 1. The number of nitrogens with zero attached hydrogens (tertiary/aromatic N) is 1. The van der Waals surface area contributed by atoms with Crippen molar-refractivity contribution in [2.24, 2.45) is 11.8 Å². The average molecular weight is 238 g/mol. The smallest absolute Gasteiger partial charge is 0.0462 e. The van der Waals surface area contributed by atoms with Crippen molar-refractivity contribution in [2.75, 3.05) is 26.2 Å². The summed E-state index contributed by atoms with van der Waals surface area (Å²) < 4.78 is 0. The van der Waals surface area contributed by atoms with Crippen LogP contribution in [0.25, 0.3) is 0 Å². The molecule has 0 aromatic heterocycles. The maximum atomic E-state index is 9.32. The van der Waals surface area contributed by atoms with Crippen LogP contribution in [0.4, 0.5) is 0 Å². The summed E-state index contributed by atoms with van der Waals surface area (Å²) in [6, 6.07) is 1.65. The van der Waals surface area contributed by atoms with Crippen LogP contribution in [-0.4, -0.2) is 48.3 Å². The molecule has 3 aliphatic rings. The number of likely N-dealkylation sites (tertiary alicyclic amines) is 1. The van der Waals surface area contributed by atoms with Crippen LogP contribution >= 0.6 is 0 Å². The fourth-order valence-corrected chi connectivity index (χ4v) is 3.67. The normalized spacial score (nSPS) is 39.0. The molecular weight excluding hydrogens is 212 g/mol. The molecule has 3 heteroatoms. The Morgan fingerprint density at radius 3 is 2.65 bits per heavy atom. The highest BCUT2D eigenvalue weighted by Crippen LogP contribution is 2.32. The molecule has 0 bridgehead atoms. The standard InChI is InChI=1S/C14H26N2O/c17-10-12-3-1-2-11(12)8-15-13-6-7-16(9-13)14-4-5-14/h11-15,17H,1-10H2. The lowest BCUT2D eigenvalue weighted by Crippen LogP contribution is -2.37. The lowest BCUT2D eigenvalue weighted by atomic mass is 9.96. The molecule has 1 aliphatic heterocycles. The Bertz CT molecular complexity index is 255. The van der Waals surface area contributed by atoms with Gasteiger partial charge in [0, 0.05) is 31.8 Å². The lowest BCUT2D eigenvalue weighted by molar-refractivity contribution is 0.190. The van der Waals surface area contributed by atoms with E-state index in [4.69, 9.17) is 0 Å². The van der Waals surface area contributed by atoms with E-state index in [2.05, 4.69) is 10.2 Å². The van der Waals surface area contributed by atoms with Gasteiger partial charge in [-0.25, -0.2) is 0 Å². The van der Waals surface area contributed by atoms with Gasteiger partial charge in [-0.2, -0.15) is 0 Å². The van der Waals surface area contributed by atoms with Crippen LogP contribution < -0.4 is 5.32 Å². The summed E-state index contributed by atoms with van der Waals surface area (Å²) >= 11 is 0. The van der Waals surface area contributed by atoms with Crippen molar-refractivity contribution < 1.29 is 5.11 Å². The minimum absolute atomic E-state index is 0.394. The highest BCUT2D eigenvalue weighted by molar-refractivity contribution is 4.92. The molecule has 98 valence electrons. The quantitative estimate of drug-likeness (QED) is 0.756. The van der Waals surface area contributed by atoms with Crippen LogP contribution in [0.15, 0.2) is 0 Å². The van der Waals surface area contributed by atoms with Gasteiger partial charge in [0.2, 0.25) is 0 Å². The van der Waals surface area contributed by atoms with Crippen LogP contribution in [0.5, 0.6) is 0 Å². The summed E-state index contributed by atoms with van der Waals surface area (Å²) in [6.07, 6.45) is 8.06. The topological polar surface area (TPSA) is 35.5 Å². The van der Waals surface area contributed by atoms with Crippen molar-refractivity contribution >= 4 is 0 Å². The van der Waals surface area contributed by atoms with E-state index in [-0.39, 0.29) is 0 Å². The predicted octanol–water partition coefficient (Wildman–Crippen LogP) is 1.22. The minimum atomic E-state index is 0.394. The monoisotopic (exact) mass is 238 g/mol. The van der Waals surface area contributed by atoms with Crippen molar-refractivity contribution in [3.05, 3.63) is 0 Å². The van der Waals surface area contributed by atoms with E-state index in [9.17, 15) is 5.11 Å². The Morgan fingerprint density at radius 1 is 1.06 bits per heavy atom. The highest BCUT2D eigenvalue weighted by atomic mass is 16.3. The van der Waals surface area contributed by atoms with Gasteiger partial charge in [0.1, 0.15) is 0 Å². The Kier molecular flexibility index (Phi) is 3.69. The minimum Gasteiger partial charge on any atom is -0.396 e. The summed E-state index contributed by atoms with van der Waals surface area (Å²) in [7, 11) is 0. The van der Waals surface area contributed by atoms with Crippen molar-refractivity contribution in [1.29, 1.82) is 0 Å². The van der Waals surface area contributed by atoms with E-state index in [0.717, 1.165) is 24.5 Å². The van der Waals surface area contributed by atoms with Crippen molar-refractivity contribution in [3.8, 4) is 0 Å². The molecule has 2 N–H and O–H groups in total. The second-order valence-electron chi connectivity index (χ2n) is 6.25. The van der Waals surface area contributed by atoms with E-state index in [1.54, 1.807) is 0 Å². The first kappa shape index (κ1) is 11.9. The second-order valence-corrected chi connectivity index (χ2v) is 6.25. The second kappa shape index (κ2) is 5.25. The Morgan fingerprint density at radius 2 is 1.88 bits per heavy atom. The molecule has 3 fully saturated rings. The van der Waals surface area contributed by atoms with Gasteiger partial charge in [-0.05, 0) is 50.5 Å². The van der Waals surface area contributed by atoms with Crippen molar-refractivity contribution in [2.45, 2.75) is 50.6 Å². The number of aliphatic hydroxyl groups is 1. The molecule has 2 aliphatic carbocycles. The van der Waals surface area contributed by atoms with Gasteiger partial charge >= 0.3 is 0 Å². The molecule has 3 nitrogen and oxygen atoms in total. The van der Waals surface area contributed by atoms with E-state index >= 15 is 0 Å². The molecule has 3 atom stereocenters. The molecule has 0 radical (unpaired) electrons. The van der Waals surface area contributed by atoms with E-state index in [1.807, 2.05) is 0 Å². The zero-order valence-electron chi connectivity index (χ0n) is 10.8. The van der Waals surface area contributed by atoms with Crippen LogP contribution in [0, 0.1) is 11.8 Å². The fourth-order valence-electron chi connectivity index (χ4n) is 3.67. The van der Waals surface area contributed by atoms with E-state index in [0.29, 0.717) is 12.5 Å². The van der Waals surface area contributed by atoms with Crippen LogP contribution in [-0.2, 0) is 0 Å². The van der Waals surface area contributed by atoms with Crippen LogP contribution in [0.3, 0.4) is 0 Å². The largest absolute Gasteiger partial charge is 0.396 e. The first-order valence-electron chi connectivity index (χ1n) is 7.45. The number of hydrogen-bond acceptors (Lipinski definition) is 3. The van der Waals surface area contributed by atoms with E-state index < -0.39 is 0 Å². The summed E-state index contributed by atoms with van der Waals surface area (Å²) in [6.45, 7) is 4.09. The van der Waals surface area contributed by atoms with Gasteiger partial charge in [0.25, 0.3) is 0 Å². The molecule has 2 saturated carbocycles. The van der Waals surface area contributed by atoms with E-state index in [1.165, 1.54) is 51.6 Å². The number of aliphatic hydroxyl groups excluding tert-OH is 1. The average Bonchev–Trinajstić information content (AvgIpc) is 2.93. The molecular formula is C14H26N2O. The Hall–Kier alpha value is -0.120. The first-order chi connectivity index (χ1) is 8.36. The van der Waals surface area contributed by atoms with Gasteiger partial charge < -0.3 is 10.4 Å². The molecule has 0 spiro atoms. The van der Waals surface area contributed by atoms with Gasteiger partial charge in [-0.15, -0.1) is 0 Å². The zero-order chi connectivity index (χ0) is 11.7. The molecule has 0 amide bonds. The van der Waals surface area contributed by atoms with Crippen molar-refractivity contribution in [1.82, 2.24) is 10.2 Å². The van der Waals surface area contributed by atoms with Gasteiger partial charge in [0.15, 0.2) is 0 Å². The van der Waals surface area contributed by atoms with Gasteiger partial charge in [-0.1, -0.05) is 6.42 Å². The molecule has 1 saturated heterocycles. The summed E-state index contributed by atoms with van der Waals surface area (Å²) in [5.74, 6) is 1.30. The maximum absolute atomic E-state index is 9.32. The SMILES string of the molecule is OCC1CCCC1CNC1CCN(C2CC2)C1. The molecule has 0 aromatic rings. The fraction of sp³-hybridized carbons (Fsp3) is 1.00. The third-order valence-electron chi connectivity index (χ3n) is 5.00. The summed E-state index contributed by atoms with van der Waals surface area (Å²) in [4.78, 5) is 2.66. The molecule has 3 rings (SSSR count). The Balaban J connectivity index is 1.39. The molecule has 0 aromatic carbocycles. The summed E-state index contributed by atoms with van der Waals surface area (Å²) in [5, 5.41) is 13.1. The molecule has 1 heterocycles. The third-order valence-corrected chi connectivity index (χ3v) is 5.00. The molecule has 17 heavy (non-hydrogen) atoms. The van der Waals surface area contributed by atoms with Gasteiger partial charge in [-0.3, -0.25) is 4.90 Å². The maximum Gasteiger partial charge on any atom is 0.0462 e. The van der Waals surface area contributed by atoms with Crippen molar-refractivity contribution in [3.63, 3.8) is 0 Å². The zero-order valence-corrected chi connectivity index (χ0v) is 10.8. The number of hydrogen-bond donors (Lipinski definition) is 2. The lowest BCUT2D eigenvalue weighted by Gasteiger charge is -2.21. The van der Waals surface area contributed by atoms with Gasteiger partial charge in [0.05, 0.1) is 0 Å². The first-order valence-corrected chi connectivity index (χ1v) is 7.45. The third kappa shape index (κ3) is 2.83. The van der Waals surface area contributed by atoms with Crippen LogP contribution in [0.2, 0.25) is 0 Å². The molecule has 3 unspecified atom stereocenters. The highest BCUT2D eigenvalue weighted by Gasteiger charge is 2.34. The predicted molar refractivity (Wildman–Crippen MR) is 68.9 cm³/mol. The van der Waals surface area contributed by atoms with Crippen LogP contribution in [0.1, 0.15) is 38.5 Å².